The molecule has 0 radical (unpaired) electrons. The van der Waals surface area contributed by atoms with Crippen LogP contribution in [0.15, 0.2) is 65.3 Å². The van der Waals surface area contributed by atoms with Crippen molar-refractivity contribution in [2.24, 2.45) is 0 Å². The molecular weight excluding hydrogens is 302 g/mol. The molecule has 0 aliphatic heterocycles. The molecule has 0 aliphatic carbocycles. The van der Waals surface area contributed by atoms with Gasteiger partial charge in [0.1, 0.15) is 5.69 Å². The van der Waals surface area contributed by atoms with Crippen LogP contribution in [0, 0.1) is 0 Å². The minimum absolute atomic E-state index is 0.729. The summed E-state index contributed by atoms with van der Waals surface area (Å²) in [5, 5.41) is 8.37. The number of halogens is 1. The molecule has 0 fully saturated rings. The third-order valence-corrected chi connectivity index (χ3v) is 3.39. The third-order valence-electron chi connectivity index (χ3n) is 2.87. The second-order valence-electron chi connectivity index (χ2n) is 4.29. The minimum atomic E-state index is 0.729. The highest BCUT2D eigenvalue weighted by molar-refractivity contribution is 9.10. The zero-order valence-corrected chi connectivity index (χ0v) is 11.8. The highest BCUT2D eigenvalue weighted by Gasteiger charge is 2.03. The topological polar surface area (TPSA) is 30.7 Å². The molecule has 0 N–H and O–H groups in total. The fraction of sp³-hybridized carbons (Fsp3) is 0.0667. The molecule has 2 aromatic carbocycles. The maximum atomic E-state index is 4.20. The van der Waals surface area contributed by atoms with Crippen molar-refractivity contribution in [3.05, 3.63) is 70.8 Å². The van der Waals surface area contributed by atoms with Crippen LogP contribution in [0.4, 0.5) is 0 Å². The first-order valence-electron chi connectivity index (χ1n) is 6.01. The fourth-order valence-corrected chi connectivity index (χ4v) is 2.16. The Morgan fingerprint density at radius 2 is 1.68 bits per heavy atom. The lowest BCUT2D eigenvalue weighted by Crippen LogP contribution is -1.99. The summed E-state index contributed by atoms with van der Waals surface area (Å²) in [6, 6.07) is 18.3. The first-order valence-corrected chi connectivity index (χ1v) is 6.80. The Bertz CT molecular complexity index is 659. The molecule has 3 aromatic rings. The summed E-state index contributed by atoms with van der Waals surface area (Å²) in [6.45, 7) is 0.729. The molecule has 0 saturated carbocycles. The SMILES string of the molecule is Brc1ccc(Cn2cc(-c3ccccc3)nn2)cc1. The minimum Gasteiger partial charge on any atom is -0.247 e. The molecule has 0 spiro atoms. The summed E-state index contributed by atoms with van der Waals surface area (Å²) in [6.07, 6.45) is 1.97. The molecular formula is C15H12BrN3. The lowest BCUT2D eigenvalue weighted by molar-refractivity contribution is 0.650. The Morgan fingerprint density at radius 3 is 2.42 bits per heavy atom. The summed E-state index contributed by atoms with van der Waals surface area (Å²) >= 11 is 3.43. The van der Waals surface area contributed by atoms with E-state index in [4.69, 9.17) is 0 Å². The van der Waals surface area contributed by atoms with Crippen LogP contribution in [-0.4, -0.2) is 15.0 Å². The van der Waals surface area contributed by atoms with Gasteiger partial charge >= 0.3 is 0 Å². The van der Waals surface area contributed by atoms with Crippen LogP contribution in [-0.2, 0) is 6.54 Å². The van der Waals surface area contributed by atoms with Gasteiger partial charge in [0, 0.05) is 10.0 Å². The van der Waals surface area contributed by atoms with Gasteiger partial charge < -0.3 is 0 Å². The van der Waals surface area contributed by atoms with Crippen LogP contribution in [0.3, 0.4) is 0 Å². The zero-order valence-electron chi connectivity index (χ0n) is 10.2. The predicted octanol–water partition coefficient (Wildman–Crippen LogP) is 3.76. The summed E-state index contributed by atoms with van der Waals surface area (Å²) in [5.74, 6) is 0. The Labute approximate surface area is 120 Å². The molecule has 0 aliphatic rings. The van der Waals surface area contributed by atoms with E-state index in [-0.39, 0.29) is 0 Å². The van der Waals surface area contributed by atoms with Crippen molar-refractivity contribution in [3.8, 4) is 11.3 Å². The van der Waals surface area contributed by atoms with Crippen molar-refractivity contribution in [2.75, 3.05) is 0 Å². The van der Waals surface area contributed by atoms with E-state index in [1.807, 2.05) is 53.3 Å². The van der Waals surface area contributed by atoms with Crippen molar-refractivity contribution in [1.29, 1.82) is 0 Å². The second kappa shape index (κ2) is 5.36. The number of hydrogen-bond donors (Lipinski definition) is 0. The van der Waals surface area contributed by atoms with Gasteiger partial charge in [-0.05, 0) is 17.7 Å². The predicted molar refractivity (Wildman–Crippen MR) is 78.7 cm³/mol. The van der Waals surface area contributed by atoms with Gasteiger partial charge in [-0.25, -0.2) is 4.68 Å². The van der Waals surface area contributed by atoms with Gasteiger partial charge in [-0.3, -0.25) is 0 Å². The van der Waals surface area contributed by atoms with Crippen molar-refractivity contribution < 1.29 is 0 Å². The highest BCUT2D eigenvalue weighted by Crippen LogP contribution is 2.16. The Hall–Kier alpha value is -1.94. The normalized spacial score (nSPS) is 10.6. The summed E-state index contributed by atoms with van der Waals surface area (Å²) in [7, 11) is 0. The Kier molecular flexibility index (Phi) is 3.42. The van der Waals surface area contributed by atoms with Crippen molar-refractivity contribution >= 4 is 15.9 Å². The lowest BCUT2D eigenvalue weighted by Gasteiger charge is -2.00. The van der Waals surface area contributed by atoms with Crippen LogP contribution in [0.5, 0.6) is 0 Å². The molecule has 94 valence electrons. The molecule has 1 aromatic heterocycles. The van der Waals surface area contributed by atoms with Crippen molar-refractivity contribution in [2.45, 2.75) is 6.54 Å². The molecule has 1 heterocycles. The molecule has 3 rings (SSSR count). The first-order chi connectivity index (χ1) is 9.31. The van der Waals surface area contributed by atoms with Gasteiger partial charge in [0.05, 0.1) is 12.7 Å². The van der Waals surface area contributed by atoms with E-state index >= 15 is 0 Å². The molecule has 19 heavy (non-hydrogen) atoms. The summed E-state index contributed by atoms with van der Waals surface area (Å²) < 4.78 is 2.94. The van der Waals surface area contributed by atoms with Gasteiger partial charge in [0.15, 0.2) is 0 Å². The van der Waals surface area contributed by atoms with Gasteiger partial charge in [-0.2, -0.15) is 0 Å². The third kappa shape index (κ3) is 2.90. The standard InChI is InChI=1S/C15H12BrN3/c16-14-8-6-12(7-9-14)10-19-11-15(17-18-19)13-4-2-1-3-5-13/h1-9,11H,10H2. The smallest absolute Gasteiger partial charge is 0.113 e. The highest BCUT2D eigenvalue weighted by atomic mass is 79.9. The average molecular weight is 314 g/mol. The molecule has 0 unspecified atom stereocenters. The average Bonchev–Trinajstić information content (AvgIpc) is 2.91. The monoisotopic (exact) mass is 313 g/mol. The van der Waals surface area contributed by atoms with Gasteiger partial charge in [0.2, 0.25) is 0 Å². The van der Waals surface area contributed by atoms with Crippen LogP contribution in [0.2, 0.25) is 0 Å². The molecule has 3 nitrogen and oxygen atoms in total. The van der Waals surface area contributed by atoms with Gasteiger partial charge in [-0.15, -0.1) is 5.10 Å². The van der Waals surface area contributed by atoms with E-state index in [1.165, 1.54) is 5.56 Å². The molecule has 4 heteroatoms. The van der Waals surface area contributed by atoms with E-state index in [2.05, 4.69) is 38.4 Å². The summed E-state index contributed by atoms with van der Waals surface area (Å²) in [5.41, 5.74) is 3.19. The van der Waals surface area contributed by atoms with Crippen LogP contribution in [0.25, 0.3) is 11.3 Å². The fourth-order valence-electron chi connectivity index (χ4n) is 1.89. The molecule has 0 amide bonds. The van der Waals surface area contributed by atoms with Crippen LogP contribution >= 0.6 is 15.9 Å². The van der Waals surface area contributed by atoms with E-state index in [9.17, 15) is 0 Å². The van der Waals surface area contributed by atoms with Crippen LogP contribution < -0.4 is 0 Å². The summed E-state index contributed by atoms with van der Waals surface area (Å²) in [4.78, 5) is 0. The van der Waals surface area contributed by atoms with Gasteiger partial charge in [-0.1, -0.05) is 63.6 Å². The second-order valence-corrected chi connectivity index (χ2v) is 5.21. The van der Waals surface area contributed by atoms with Gasteiger partial charge in [0.25, 0.3) is 0 Å². The van der Waals surface area contributed by atoms with Crippen LogP contribution in [0.1, 0.15) is 5.56 Å². The van der Waals surface area contributed by atoms with Crippen molar-refractivity contribution in [1.82, 2.24) is 15.0 Å². The van der Waals surface area contributed by atoms with E-state index < -0.39 is 0 Å². The Balaban J connectivity index is 1.80. The van der Waals surface area contributed by atoms with Crippen molar-refractivity contribution in [3.63, 3.8) is 0 Å². The van der Waals surface area contributed by atoms with E-state index in [0.29, 0.717) is 0 Å². The zero-order chi connectivity index (χ0) is 13.1. The quantitative estimate of drug-likeness (QED) is 0.737. The number of benzene rings is 2. The van der Waals surface area contributed by atoms with E-state index in [1.54, 1.807) is 0 Å². The number of nitrogens with zero attached hydrogens (tertiary/aromatic N) is 3. The maximum Gasteiger partial charge on any atom is 0.113 e. The molecule has 0 bridgehead atoms. The maximum absolute atomic E-state index is 4.20. The van der Waals surface area contributed by atoms with E-state index in [0.717, 1.165) is 22.3 Å². The number of aromatic nitrogens is 3. The molecule has 0 saturated heterocycles. The molecule has 0 atom stereocenters. The largest absolute Gasteiger partial charge is 0.247 e. The Morgan fingerprint density at radius 1 is 0.947 bits per heavy atom. The number of rotatable bonds is 3. The lowest BCUT2D eigenvalue weighted by atomic mass is 10.2. The first kappa shape index (κ1) is 12.1. The number of hydrogen-bond acceptors (Lipinski definition) is 2.